The summed E-state index contributed by atoms with van der Waals surface area (Å²) in [6.45, 7) is 6.14. The van der Waals surface area contributed by atoms with Gasteiger partial charge in [-0.3, -0.25) is 14.3 Å². The maximum Gasteiger partial charge on any atom is 0.253 e. The van der Waals surface area contributed by atoms with Gasteiger partial charge in [-0.25, -0.2) is 4.98 Å². The van der Waals surface area contributed by atoms with Crippen LogP contribution in [0.15, 0.2) is 48.5 Å². The summed E-state index contributed by atoms with van der Waals surface area (Å²) in [7, 11) is 0. The third kappa shape index (κ3) is 3.00. The van der Waals surface area contributed by atoms with Gasteiger partial charge in [0.15, 0.2) is 0 Å². The molecule has 144 valence electrons. The first-order valence-corrected chi connectivity index (χ1v) is 10.3. The fraction of sp³-hybridized carbons (Fsp3) is 0.391. The van der Waals surface area contributed by atoms with Gasteiger partial charge in [0.25, 0.3) is 5.91 Å². The van der Waals surface area contributed by atoms with Crippen LogP contribution in [0, 0.1) is 6.92 Å². The van der Waals surface area contributed by atoms with E-state index in [-0.39, 0.29) is 5.91 Å². The Morgan fingerprint density at radius 1 is 1.00 bits per heavy atom. The molecule has 1 unspecified atom stereocenters. The highest BCUT2D eigenvalue weighted by Crippen LogP contribution is 2.24. The fourth-order valence-electron chi connectivity index (χ4n) is 4.74. The number of imidazole rings is 1. The van der Waals surface area contributed by atoms with Crippen LogP contribution in [-0.4, -0.2) is 57.5 Å². The Kier molecular flexibility index (Phi) is 4.40. The fourth-order valence-corrected chi connectivity index (χ4v) is 4.74. The Morgan fingerprint density at radius 3 is 2.54 bits per heavy atom. The number of fused-ring (bicyclic) bond motifs is 1. The van der Waals surface area contributed by atoms with Crippen LogP contribution in [0.25, 0.3) is 16.7 Å². The summed E-state index contributed by atoms with van der Waals surface area (Å²) in [4.78, 5) is 22.2. The Hall–Kier alpha value is -2.66. The van der Waals surface area contributed by atoms with E-state index >= 15 is 0 Å². The van der Waals surface area contributed by atoms with Gasteiger partial charge in [-0.05, 0) is 75.7 Å². The van der Waals surface area contributed by atoms with Gasteiger partial charge < -0.3 is 4.90 Å². The van der Waals surface area contributed by atoms with Crippen LogP contribution in [0.3, 0.4) is 0 Å². The molecule has 3 aromatic rings. The van der Waals surface area contributed by atoms with E-state index in [0.29, 0.717) is 6.04 Å². The number of amides is 1. The van der Waals surface area contributed by atoms with Crippen molar-refractivity contribution >= 4 is 16.9 Å². The van der Waals surface area contributed by atoms with Crippen molar-refractivity contribution in [3.8, 4) is 5.69 Å². The van der Waals surface area contributed by atoms with Crippen molar-refractivity contribution in [2.24, 2.45) is 0 Å². The maximum absolute atomic E-state index is 13.0. The van der Waals surface area contributed by atoms with Gasteiger partial charge in [-0.15, -0.1) is 0 Å². The largest absolute Gasteiger partial charge is 0.337 e. The number of carbonyl (C=O) groups excluding carboxylic acids is 1. The number of likely N-dealkylation sites (tertiary alicyclic amines) is 2. The summed E-state index contributed by atoms with van der Waals surface area (Å²) in [5.74, 6) is 1.11. The van der Waals surface area contributed by atoms with Crippen molar-refractivity contribution in [3.63, 3.8) is 0 Å². The molecule has 0 saturated carbocycles. The Morgan fingerprint density at radius 2 is 1.75 bits per heavy atom. The number of hydrogen-bond acceptors (Lipinski definition) is 3. The van der Waals surface area contributed by atoms with Crippen LogP contribution in [0.5, 0.6) is 0 Å². The predicted molar refractivity (Wildman–Crippen MR) is 111 cm³/mol. The quantitative estimate of drug-likeness (QED) is 0.703. The normalized spacial score (nSPS) is 20.3. The van der Waals surface area contributed by atoms with Crippen molar-refractivity contribution in [1.29, 1.82) is 0 Å². The van der Waals surface area contributed by atoms with E-state index in [4.69, 9.17) is 0 Å². The van der Waals surface area contributed by atoms with E-state index in [9.17, 15) is 4.79 Å². The SMILES string of the molecule is Cc1nc2ccccc2n1-c1ccc(C(=O)N2CCC(N3CCCC3)C2)cc1. The molecular formula is C23H26N4O. The Bertz CT molecular complexity index is 1000. The minimum Gasteiger partial charge on any atom is -0.337 e. The van der Waals surface area contributed by atoms with E-state index < -0.39 is 0 Å². The summed E-state index contributed by atoms with van der Waals surface area (Å²) < 4.78 is 2.14. The molecular weight excluding hydrogens is 348 g/mol. The average Bonchev–Trinajstić information content (AvgIpc) is 3.46. The molecule has 2 fully saturated rings. The lowest BCUT2D eigenvalue weighted by atomic mass is 10.1. The molecule has 0 N–H and O–H groups in total. The van der Waals surface area contributed by atoms with Gasteiger partial charge >= 0.3 is 0 Å². The smallest absolute Gasteiger partial charge is 0.253 e. The van der Waals surface area contributed by atoms with E-state index in [1.165, 1.54) is 25.9 Å². The first-order valence-electron chi connectivity index (χ1n) is 10.3. The van der Waals surface area contributed by atoms with Crippen LogP contribution in [0.2, 0.25) is 0 Å². The van der Waals surface area contributed by atoms with Crippen molar-refractivity contribution in [2.75, 3.05) is 26.2 Å². The third-order valence-electron chi connectivity index (χ3n) is 6.21. The molecule has 2 aromatic carbocycles. The highest BCUT2D eigenvalue weighted by molar-refractivity contribution is 5.94. The maximum atomic E-state index is 13.0. The molecule has 1 atom stereocenters. The van der Waals surface area contributed by atoms with Gasteiger partial charge in [-0.1, -0.05) is 12.1 Å². The van der Waals surface area contributed by atoms with E-state index in [0.717, 1.165) is 47.6 Å². The lowest BCUT2D eigenvalue weighted by molar-refractivity contribution is 0.0780. The van der Waals surface area contributed by atoms with E-state index in [2.05, 4.69) is 20.5 Å². The summed E-state index contributed by atoms with van der Waals surface area (Å²) >= 11 is 0. The number of benzene rings is 2. The highest BCUT2D eigenvalue weighted by Gasteiger charge is 2.31. The van der Waals surface area contributed by atoms with E-state index in [1.807, 2.05) is 54.3 Å². The number of aryl methyl sites for hydroxylation is 1. The summed E-state index contributed by atoms with van der Waals surface area (Å²) in [5, 5.41) is 0. The third-order valence-corrected chi connectivity index (χ3v) is 6.21. The molecule has 0 bridgehead atoms. The van der Waals surface area contributed by atoms with Crippen molar-refractivity contribution in [3.05, 3.63) is 59.9 Å². The monoisotopic (exact) mass is 374 g/mol. The zero-order valence-corrected chi connectivity index (χ0v) is 16.3. The molecule has 5 heteroatoms. The second kappa shape index (κ2) is 7.06. The first kappa shape index (κ1) is 17.4. The zero-order valence-electron chi connectivity index (χ0n) is 16.3. The number of hydrogen-bond donors (Lipinski definition) is 0. The minimum atomic E-state index is 0.153. The van der Waals surface area contributed by atoms with Gasteiger partial charge in [0.1, 0.15) is 5.82 Å². The molecule has 5 nitrogen and oxygen atoms in total. The van der Waals surface area contributed by atoms with Gasteiger partial charge in [0, 0.05) is 30.4 Å². The van der Waals surface area contributed by atoms with E-state index in [1.54, 1.807) is 0 Å². The minimum absolute atomic E-state index is 0.153. The summed E-state index contributed by atoms with van der Waals surface area (Å²) in [6.07, 6.45) is 3.70. The Labute approximate surface area is 165 Å². The van der Waals surface area contributed by atoms with Gasteiger partial charge in [0.05, 0.1) is 11.0 Å². The molecule has 2 saturated heterocycles. The van der Waals surface area contributed by atoms with Gasteiger partial charge in [0.2, 0.25) is 0 Å². The number of carbonyl (C=O) groups is 1. The first-order chi connectivity index (χ1) is 13.7. The summed E-state index contributed by atoms with van der Waals surface area (Å²) in [5.41, 5.74) is 3.89. The van der Waals surface area contributed by atoms with Crippen molar-refractivity contribution in [2.45, 2.75) is 32.2 Å². The van der Waals surface area contributed by atoms with Crippen LogP contribution >= 0.6 is 0 Å². The topological polar surface area (TPSA) is 41.4 Å². The van der Waals surface area contributed by atoms with Crippen LogP contribution in [0.4, 0.5) is 0 Å². The predicted octanol–water partition coefficient (Wildman–Crippen LogP) is 3.64. The van der Waals surface area contributed by atoms with Crippen molar-refractivity contribution < 1.29 is 4.79 Å². The number of para-hydroxylation sites is 2. The molecule has 5 rings (SSSR count). The van der Waals surface area contributed by atoms with Crippen LogP contribution < -0.4 is 0 Å². The Balaban J connectivity index is 1.35. The number of nitrogens with zero attached hydrogens (tertiary/aromatic N) is 4. The molecule has 2 aliphatic rings. The average molecular weight is 374 g/mol. The molecule has 0 aliphatic carbocycles. The number of aromatic nitrogens is 2. The number of rotatable bonds is 3. The van der Waals surface area contributed by atoms with Crippen molar-refractivity contribution in [1.82, 2.24) is 19.4 Å². The second-order valence-corrected chi connectivity index (χ2v) is 7.97. The van der Waals surface area contributed by atoms with Gasteiger partial charge in [-0.2, -0.15) is 0 Å². The summed E-state index contributed by atoms with van der Waals surface area (Å²) in [6, 6.07) is 16.7. The second-order valence-electron chi connectivity index (χ2n) is 7.97. The molecule has 28 heavy (non-hydrogen) atoms. The zero-order chi connectivity index (χ0) is 19.1. The highest BCUT2D eigenvalue weighted by atomic mass is 16.2. The molecule has 0 spiro atoms. The lowest BCUT2D eigenvalue weighted by Gasteiger charge is -2.23. The molecule has 2 aliphatic heterocycles. The standard InChI is InChI=1S/C23H26N4O/c1-17-24-21-6-2-3-7-22(21)27(17)19-10-8-18(9-11-19)23(28)26-15-12-20(16-26)25-13-4-5-14-25/h2-3,6-11,20H,4-5,12-16H2,1H3. The molecule has 0 radical (unpaired) electrons. The van der Waals surface area contributed by atoms with Crippen LogP contribution in [-0.2, 0) is 0 Å². The molecule has 1 amide bonds. The lowest BCUT2D eigenvalue weighted by Crippen LogP contribution is -2.37. The molecule has 3 heterocycles. The molecule has 1 aromatic heterocycles. The van der Waals surface area contributed by atoms with Crippen LogP contribution in [0.1, 0.15) is 35.4 Å².